The van der Waals surface area contributed by atoms with Crippen molar-refractivity contribution in [3.63, 3.8) is 0 Å². The molecule has 2 heterocycles. The zero-order valence-electron chi connectivity index (χ0n) is 19.4. The standard InChI is InChI=1S/C27H29N5O3/c33-23-5-4-14-31(19-23)15-16-32-18-20-17-22(10-13-26(20)30-32)29-27(34)28-21-8-11-25(12-9-21)35-24-6-2-1-3-7-24/h1-3,6-13,17-18,23,33H,4-5,14-16,19H2,(H2,28,29,34)/t23-/m1/s1. The molecule has 0 saturated carbocycles. The molecular weight excluding hydrogens is 442 g/mol. The van der Waals surface area contributed by atoms with Gasteiger partial charge in [-0.3, -0.25) is 9.58 Å². The van der Waals surface area contributed by atoms with Gasteiger partial charge in [-0.1, -0.05) is 18.2 Å². The summed E-state index contributed by atoms with van der Waals surface area (Å²) in [5.74, 6) is 1.45. The molecule has 0 unspecified atom stereocenters. The van der Waals surface area contributed by atoms with Gasteiger partial charge in [0.1, 0.15) is 11.5 Å². The smallest absolute Gasteiger partial charge is 0.323 e. The highest BCUT2D eigenvalue weighted by Gasteiger charge is 2.17. The Balaban J connectivity index is 1.15. The van der Waals surface area contributed by atoms with E-state index in [1.54, 1.807) is 12.1 Å². The van der Waals surface area contributed by atoms with Gasteiger partial charge in [0.15, 0.2) is 0 Å². The summed E-state index contributed by atoms with van der Waals surface area (Å²) in [6.45, 7) is 3.36. The third kappa shape index (κ3) is 6.17. The van der Waals surface area contributed by atoms with Crippen molar-refractivity contribution in [1.82, 2.24) is 14.7 Å². The first-order valence-corrected chi connectivity index (χ1v) is 11.9. The lowest BCUT2D eigenvalue weighted by Crippen LogP contribution is -2.39. The summed E-state index contributed by atoms with van der Waals surface area (Å²) >= 11 is 0. The number of ether oxygens (including phenoxy) is 1. The minimum absolute atomic E-state index is 0.221. The third-order valence-electron chi connectivity index (χ3n) is 6.03. The first kappa shape index (κ1) is 22.9. The number of likely N-dealkylation sites (tertiary alicyclic amines) is 1. The van der Waals surface area contributed by atoms with Crippen molar-refractivity contribution in [3.8, 4) is 11.5 Å². The van der Waals surface area contributed by atoms with Crippen LogP contribution in [0, 0.1) is 0 Å². The van der Waals surface area contributed by atoms with Crippen LogP contribution in [0.15, 0.2) is 79.0 Å². The number of piperidine rings is 1. The van der Waals surface area contributed by atoms with E-state index in [0.29, 0.717) is 17.1 Å². The zero-order chi connectivity index (χ0) is 24.0. The van der Waals surface area contributed by atoms with E-state index in [4.69, 9.17) is 4.74 Å². The Hall–Kier alpha value is -3.88. The number of benzene rings is 3. The predicted molar refractivity (Wildman–Crippen MR) is 137 cm³/mol. The summed E-state index contributed by atoms with van der Waals surface area (Å²) < 4.78 is 7.71. The number of hydrogen-bond donors (Lipinski definition) is 3. The average molecular weight is 472 g/mol. The van der Waals surface area contributed by atoms with Crippen molar-refractivity contribution in [2.24, 2.45) is 0 Å². The molecule has 0 radical (unpaired) electrons. The first-order chi connectivity index (χ1) is 17.1. The number of nitrogens with zero attached hydrogens (tertiary/aromatic N) is 3. The number of carbonyl (C=O) groups is 1. The van der Waals surface area contributed by atoms with Crippen LogP contribution >= 0.6 is 0 Å². The van der Waals surface area contributed by atoms with Crippen LogP contribution in [0.3, 0.4) is 0 Å². The number of aliphatic hydroxyl groups excluding tert-OH is 1. The van der Waals surface area contributed by atoms with E-state index < -0.39 is 0 Å². The average Bonchev–Trinajstić information content (AvgIpc) is 3.27. The van der Waals surface area contributed by atoms with Gasteiger partial charge in [-0.2, -0.15) is 5.10 Å². The van der Waals surface area contributed by atoms with Gasteiger partial charge in [0.2, 0.25) is 0 Å². The maximum Gasteiger partial charge on any atom is 0.323 e. The van der Waals surface area contributed by atoms with Crippen molar-refractivity contribution in [3.05, 3.63) is 79.0 Å². The van der Waals surface area contributed by atoms with E-state index in [2.05, 4.69) is 20.6 Å². The number of nitrogens with one attached hydrogen (secondary N) is 2. The molecule has 3 N–H and O–H groups in total. The van der Waals surface area contributed by atoms with Crippen molar-refractivity contribution < 1.29 is 14.6 Å². The first-order valence-electron chi connectivity index (χ1n) is 11.9. The Morgan fingerprint density at radius 3 is 2.51 bits per heavy atom. The highest BCUT2D eigenvalue weighted by Crippen LogP contribution is 2.23. The molecule has 1 atom stereocenters. The highest BCUT2D eigenvalue weighted by molar-refractivity contribution is 6.00. The van der Waals surface area contributed by atoms with Crippen LogP contribution < -0.4 is 15.4 Å². The predicted octanol–water partition coefficient (Wildman–Crippen LogP) is 4.93. The fraction of sp³-hybridized carbons (Fsp3) is 0.259. The number of aliphatic hydroxyl groups is 1. The van der Waals surface area contributed by atoms with Gasteiger partial charge in [0, 0.05) is 36.0 Å². The number of β-amino-alcohol motifs (C(OH)–C–C–N with tert-alkyl or cyclic N) is 1. The Morgan fingerprint density at radius 1 is 0.971 bits per heavy atom. The zero-order valence-corrected chi connectivity index (χ0v) is 19.4. The number of amides is 2. The SMILES string of the molecule is O=C(Nc1ccc(Oc2ccccc2)cc1)Nc1ccc2nn(CCN3CCC[C@@H](O)C3)cc2c1. The van der Waals surface area contributed by atoms with Crippen LogP contribution in [0.2, 0.25) is 0 Å². The maximum atomic E-state index is 12.5. The Morgan fingerprint density at radius 2 is 1.71 bits per heavy atom. The van der Waals surface area contributed by atoms with Gasteiger partial charge >= 0.3 is 6.03 Å². The van der Waals surface area contributed by atoms with Crippen LogP contribution in [-0.4, -0.2) is 51.6 Å². The molecular formula is C27H29N5O3. The molecule has 1 aliphatic heterocycles. The molecule has 0 aliphatic carbocycles. The summed E-state index contributed by atoms with van der Waals surface area (Å²) in [5, 5.41) is 21.2. The summed E-state index contributed by atoms with van der Waals surface area (Å²) in [5.41, 5.74) is 2.24. The normalized spacial score (nSPS) is 16.2. The number of rotatable bonds is 7. The molecule has 4 aromatic rings. The van der Waals surface area contributed by atoms with Crippen LogP contribution in [-0.2, 0) is 6.54 Å². The van der Waals surface area contributed by atoms with Crippen molar-refractivity contribution in [2.75, 3.05) is 30.3 Å². The van der Waals surface area contributed by atoms with E-state index in [0.717, 1.165) is 55.7 Å². The van der Waals surface area contributed by atoms with Gasteiger partial charge < -0.3 is 20.5 Å². The number of aromatic nitrogens is 2. The molecule has 0 spiro atoms. The summed E-state index contributed by atoms with van der Waals surface area (Å²) in [7, 11) is 0. The molecule has 0 bridgehead atoms. The van der Waals surface area contributed by atoms with Gasteiger partial charge in [-0.25, -0.2) is 4.79 Å². The number of hydrogen-bond acceptors (Lipinski definition) is 5. The fourth-order valence-electron chi connectivity index (χ4n) is 4.27. The van der Waals surface area contributed by atoms with Gasteiger partial charge in [-0.05, 0) is 74.0 Å². The van der Waals surface area contributed by atoms with Gasteiger partial charge in [-0.15, -0.1) is 0 Å². The largest absolute Gasteiger partial charge is 0.457 e. The Labute approximate surface area is 204 Å². The second kappa shape index (κ2) is 10.6. The lowest BCUT2D eigenvalue weighted by atomic mass is 10.1. The number of fused-ring (bicyclic) bond motifs is 1. The maximum absolute atomic E-state index is 12.5. The Bertz CT molecular complexity index is 1270. The fourth-order valence-corrected chi connectivity index (χ4v) is 4.27. The number of urea groups is 1. The minimum atomic E-state index is -0.322. The quantitative estimate of drug-likeness (QED) is 0.356. The Kier molecular flexibility index (Phi) is 6.92. The topological polar surface area (TPSA) is 91.7 Å². The van der Waals surface area contributed by atoms with Crippen LogP contribution in [0.4, 0.5) is 16.2 Å². The van der Waals surface area contributed by atoms with E-state index in [9.17, 15) is 9.90 Å². The van der Waals surface area contributed by atoms with E-state index in [1.807, 2.05) is 71.5 Å². The van der Waals surface area contributed by atoms with Crippen molar-refractivity contribution in [2.45, 2.75) is 25.5 Å². The number of anilines is 2. The molecule has 5 rings (SSSR count). The molecule has 1 aromatic heterocycles. The summed E-state index contributed by atoms with van der Waals surface area (Å²) in [6, 6.07) is 22.1. The van der Waals surface area contributed by atoms with Crippen LogP contribution in [0.5, 0.6) is 11.5 Å². The lowest BCUT2D eigenvalue weighted by Gasteiger charge is -2.29. The second-order valence-electron chi connectivity index (χ2n) is 8.78. The number of carbonyl (C=O) groups excluding carboxylic acids is 1. The number of para-hydroxylation sites is 1. The second-order valence-corrected chi connectivity index (χ2v) is 8.78. The molecule has 35 heavy (non-hydrogen) atoms. The highest BCUT2D eigenvalue weighted by atomic mass is 16.5. The van der Waals surface area contributed by atoms with Gasteiger partial charge in [0.25, 0.3) is 0 Å². The molecule has 8 heteroatoms. The molecule has 1 aliphatic rings. The monoisotopic (exact) mass is 471 g/mol. The van der Waals surface area contributed by atoms with Crippen molar-refractivity contribution in [1.29, 1.82) is 0 Å². The lowest BCUT2D eigenvalue weighted by molar-refractivity contribution is 0.0684. The van der Waals surface area contributed by atoms with Gasteiger partial charge in [0.05, 0.1) is 18.2 Å². The van der Waals surface area contributed by atoms with Crippen molar-refractivity contribution >= 4 is 28.3 Å². The van der Waals surface area contributed by atoms with Crippen LogP contribution in [0.25, 0.3) is 10.9 Å². The minimum Gasteiger partial charge on any atom is -0.457 e. The summed E-state index contributed by atoms with van der Waals surface area (Å²) in [6.07, 6.45) is 3.69. The molecule has 1 saturated heterocycles. The molecule has 180 valence electrons. The molecule has 2 amide bonds. The van der Waals surface area contributed by atoms with E-state index >= 15 is 0 Å². The molecule has 1 fully saturated rings. The summed E-state index contributed by atoms with van der Waals surface area (Å²) in [4.78, 5) is 14.8. The third-order valence-corrected chi connectivity index (χ3v) is 6.03. The molecule has 3 aromatic carbocycles. The van der Waals surface area contributed by atoms with Crippen LogP contribution in [0.1, 0.15) is 12.8 Å². The van der Waals surface area contributed by atoms with E-state index in [-0.39, 0.29) is 12.1 Å². The molecule has 8 nitrogen and oxygen atoms in total. The van der Waals surface area contributed by atoms with E-state index in [1.165, 1.54) is 0 Å².